The van der Waals surface area contributed by atoms with Gasteiger partial charge in [-0.1, -0.05) is 12.1 Å². The summed E-state index contributed by atoms with van der Waals surface area (Å²) in [6.45, 7) is 4.07. The smallest absolute Gasteiger partial charge is 0.261 e. The first-order chi connectivity index (χ1) is 12.1. The van der Waals surface area contributed by atoms with E-state index in [0.29, 0.717) is 11.4 Å². The van der Waals surface area contributed by atoms with Crippen LogP contribution in [0.15, 0.2) is 41.8 Å². The van der Waals surface area contributed by atoms with Gasteiger partial charge in [0.15, 0.2) is 5.82 Å². The van der Waals surface area contributed by atoms with Gasteiger partial charge in [0.2, 0.25) is 0 Å². The van der Waals surface area contributed by atoms with Crippen LogP contribution in [0.4, 0.5) is 11.5 Å². The van der Waals surface area contributed by atoms with Gasteiger partial charge in [-0.15, -0.1) is 11.3 Å². The highest BCUT2D eigenvalue weighted by molar-refractivity contribution is 7.18. The van der Waals surface area contributed by atoms with Crippen LogP contribution in [-0.4, -0.2) is 21.1 Å². The van der Waals surface area contributed by atoms with Crippen molar-refractivity contribution in [1.82, 2.24) is 9.97 Å². The van der Waals surface area contributed by atoms with Gasteiger partial charge in [0, 0.05) is 17.2 Å². The molecule has 0 saturated carbocycles. The fourth-order valence-corrected chi connectivity index (χ4v) is 3.35. The third-order valence-corrected chi connectivity index (χ3v) is 4.82. The molecule has 0 spiro atoms. The van der Waals surface area contributed by atoms with E-state index in [9.17, 15) is 10.1 Å². The Morgan fingerprint density at radius 1 is 1.28 bits per heavy atom. The lowest BCUT2D eigenvalue weighted by Gasteiger charge is -2.01. The maximum absolute atomic E-state index is 11.0. The summed E-state index contributed by atoms with van der Waals surface area (Å²) < 4.78 is 0. The van der Waals surface area contributed by atoms with Crippen molar-refractivity contribution in [2.24, 2.45) is 5.10 Å². The van der Waals surface area contributed by atoms with Gasteiger partial charge in [-0.05, 0) is 37.6 Å². The maximum Gasteiger partial charge on any atom is 0.276 e. The molecule has 0 radical (unpaired) electrons. The van der Waals surface area contributed by atoms with Gasteiger partial charge in [0.1, 0.15) is 11.2 Å². The number of para-hydroxylation sites is 1. The van der Waals surface area contributed by atoms with Gasteiger partial charge in [0.05, 0.1) is 15.9 Å². The van der Waals surface area contributed by atoms with Crippen LogP contribution in [0.25, 0.3) is 16.3 Å². The van der Waals surface area contributed by atoms with E-state index < -0.39 is 4.92 Å². The topological polar surface area (TPSA) is 93.3 Å². The SMILES string of the molecule is Cc1sc2ncnc(N/N=C\C=C\c3ccccc3[N+](=O)[O-])c2c1C. The molecule has 0 amide bonds. The predicted octanol–water partition coefficient (Wildman–Crippen LogP) is 4.33. The van der Waals surface area contributed by atoms with Gasteiger partial charge in [-0.3, -0.25) is 15.5 Å². The maximum atomic E-state index is 11.0. The number of hydrogen-bond acceptors (Lipinski definition) is 7. The minimum absolute atomic E-state index is 0.0574. The minimum atomic E-state index is -0.408. The van der Waals surface area contributed by atoms with E-state index in [-0.39, 0.29) is 5.69 Å². The molecule has 126 valence electrons. The monoisotopic (exact) mass is 353 g/mol. The number of nitro groups is 1. The van der Waals surface area contributed by atoms with E-state index in [4.69, 9.17) is 0 Å². The molecule has 0 unspecified atom stereocenters. The number of aromatic nitrogens is 2. The van der Waals surface area contributed by atoms with E-state index in [1.807, 2.05) is 13.8 Å². The summed E-state index contributed by atoms with van der Waals surface area (Å²) in [5.74, 6) is 0.641. The molecule has 0 aliphatic carbocycles. The average molecular weight is 353 g/mol. The number of hydrogen-bond donors (Lipinski definition) is 1. The lowest BCUT2D eigenvalue weighted by Crippen LogP contribution is -1.94. The van der Waals surface area contributed by atoms with Crippen molar-refractivity contribution >= 4 is 45.3 Å². The van der Waals surface area contributed by atoms with Gasteiger partial charge < -0.3 is 0 Å². The van der Waals surface area contributed by atoms with Crippen molar-refractivity contribution in [3.8, 4) is 0 Å². The molecule has 2 aromatic heterocycles. The zero-order valence-corrected chi connectivity index (χ0v) is 14.4. The first-order valence-electron chi connectivity index (χ1n) is 7.48. The molecule has 3 rings (SSSR count). The third-order valence-electron chi connectivity index (χ3n) is 3.71. The zero-order valence-electron chi connectivity index (χ0n) is 13.6. The number of fused-ring (bicyclic) bond motifs is 1. The lowest BCUT2D eigenvalue weighted by molar-refractivity contribution is -0.385. The molecule has 0 aliphatic rings. The van der Waals surface area contributed by atoms with Crippen molar-refractivity contribution in [1.29, 1.82) is 0 Å². The molecule has 0 bridgehead atoms. The molecule has 1 aromatic carbocycles. The second-order valence-corrected chi connectivity index (χ2v) is 6.45. The molecule has 25 heavy (non-hydrogen) atoms. The highest BCUT2D eigenvalue weighted by atomic mass is 32.1. The fourth-order valence-electron chi connectivity index (χ4n) is 2.35. The van der Waals surface area contributed by atoms with Crippen LogP contribution < -0.4 is 5.43 Å². The zero-order chi connectivity index (χ0) is 17.8. The Balaban J connectivity index is 1.76. The molecule has 2 heterocycles. The standard InChI is InChI=1S/C17H15N5O2S/c1-11-12(2)25-17-15(11)16(18-10-19-17)21-20-9-5-7-13-6-3-4-8-14(13)22(23)24/h3-10H,1-2H3,(H,18,19,21)/b7-5+,20-9-. The Bertz CT molecular complexity index is 994. The van der Waals surface area contributed by atoms with Crippen LogP contribution >= 0.6 is 11.3 Å². The van der Waals surface area contributed by atoms with E-state index in [0.717, 1.165) is 15.8 Å². The second kappa shape index (κ2) is 7.18. The second-order valence-electron chi connectivity index (χ2n) is 5.25. The summed E-state index contributed by atoms with van der Waals surface area (Å²) in [4.78, 5) is 21.2. The van der Waals surface area contributed by atoms with E-state index in [1.165, 1.54) is 23.5 Å². The summed E-state index contributed by atoms with van der Waals surface area (Å²) >= 11 is 1.62. The Labute approximate surface area is 147 Å². The molecule has 0 atom stereocenters. The largest absolute Gasteiger partial charge is 0.276 e. The number of thiophene rings is 1. The first-order valence-corrected chi connectivity index (χ1v) is 8.29. The van der Waals surface area contributed by atoms with Gasteiger partial charge in [0.25, 0.3) is 5.69 Å². The van der Waals surface area contributed by atoms with Crippen molar-refractivity contribution in [2.75, 3.05) is 5.43 Å². The molecule has 0 fully saturated rings. The van der Waals surface area contributed by atoms with Crippen molar-refractivity contribution in [3.05, 3.63) is 62.8 Å². The molecular weight excluding hydrogens is 338 g/mol. The van der Waals surface area contributed by atoms with Gasteiger partial charge in [-0.25, -0.2) is 9.97 Å². The Morgan fingerprint density at radius 3 is 2.88 bits per heavy atom. The molecule has 7 nitrogen and oxygen atoms in total. The van der Waals surface area contributed by atoms with E-state index >= 15 is 0 Å². The van der Waals surface area contributed by atoms with Crippen LogP contribution in [0.5, 0.6) is 0 Å². The summed E-state index contributed by atoms with van der Waals surface area (Å²) in [5, 5.41) is 16.0. The fraction of sp³-hybridized carbons (Fsp3) is 0.118. The van der Waals surface area contributed by atoms with Crippen LogP contribution in [0.1, 0.15) is 16.0 Å². The number of rotatable bonds is 5. The summed E-state index contributed by atoms with van der Waals surface area (Å²) in [6.07, 6.45) is 6.30. The average Bonchev–Trinajstić information content (AvgIpc) is 2.90. The number of allylic oxidation sites excluding steroid dienone is 1. The minimum Gasteiger partial charge on any atom is -0.261 e. The van der Waals surface area contributed by atoms with E-state index in [2.05, 4.69) is 20.5 Å². The van der Waals surface area contributed by atoms with Crippen molar-refractivity contribution < 1.29 is 4.92 Å². The summed E-state index contributed by atoms with van der Waals surface area (Å²) in [7, 11) is 0. The van der Waals surface area contributed by atoms with Gasteiger partial charge >= 0.3 is 0 Å². The highest BCUT2D eigenvalue weighted by Gasteiger charge is 2.11. The quantitative estimate of drug-likeness (QED) is 0.419. The third kappa shape index (κ3) is 3.53. The van der Waals surface area contributed by atoms with E-state index in [1.54, 1.807) is 41.7 Å². The summed E-state index contributed by atoms with van der Waals surface area (Å²) in [6, 6.07) is 6.54. The molecule has 1 N–H and O–H groups in total. The Kier molecular flexibility index (Phi) is 4.80. The number of nitrogens with zero attached hydrogens (tertiary/aromatic N) is 4. The Morgan fingerprint density at radius 2 is 2.08 bits per heavy atom. The number of anilines is 1. The number of aryl methyl sites for hydroxylation is 2. The number of hydrazone groups is 1. The predicted molar refractivity (Wildman–Crippen MR) is 101 cm³/mol. The van der Waals surface area contributed by atoms with Crippen LogP contribution in [0.3, 0.4) is 0 Å². The van der Waals surface area contributed by atoms with Crippen molar-refractivity contribution in [2.45, 2.75) is 13.8 Å². The molecule has 3 aromatic rings. The first kappa shape index (κ1) is 16.7. The van der Waals surface area contributed by atoms with Gasteiger partial charge in [-0.2, -0.15) is 5.10 Å². The van der Waals surface area contributed by atoms with Crippen molar-refractivity contribution in [3.63, 3.8) is 0 Å². The molecule has 8 heteroatoms. The molecular formula is C17H15N5O2S. The van der Waals surface area contributed by atoms with Crippen LogP contribution in [0.2, 0.25) is 0 Å². The number of nitrogens with one attached hydrogen (secondary N) is 1. The summed E-state index contributed by atoms with van der Waals surface area (Å²) in [5.41, 5.74) is 4.62. The van der Waals surface area contributed by atoms with Crippen LogP contribution in [0, 0.1) is 24.0 Å². The normalized spacial score (nSPS) is 11.6. The molecule has 0 aliphatic heterocycles. The number of nitro benzene ring substituents is 1. The van der Waals surface area contributed by atoms with Crippen LogP contribution in [-0.2, 0) is 0 Å². The Hall–Kier alpha value is -3.13. The lowest BCUT2D eigenvalue weighted by atomic mass is 10.2. The highest BCUT2D eigenvalue weighted by Crippen LogP contribution is 2.32. The molecule has 0 saturated heterocycles. The number of benzene rings is 1.